The number of unbranched alkanes of at least 4 members (excludes halogenated alkanes) is 1. The first-order chi connectivity index (χ1) is 7.45. The minimum atomic E-state index is -0.0921. The van der Waals surface area contributed by atoms with E-state index in [0.717, 1.165) is 19.5 Å². The molecule has 0 saturated carbocycles. The van der Waals surface area contributed by atoms with Crippen LogP contribution in [0.1, 0.15) is 47.0 Å². The predicted molar refractivity (Wildman–Crippen MR) is 70.8 cm³/mol. The second-order valence-electron chi connectivity index (χ2n) is 5.28. The van der Waals surface area contributed by atoms with E-state index in [9.17, 15) is 5.11 Å². The molecule has 0 saturated heterocycles. The Hall–Kier alpha value is -0.120. The van der Waals surface area contributed by atoms with E-state index in [2.05, 4.69) is 45.0 Å². The molecule has 3 heteroatoms. The van der Waals surface area contributed by atoms with E-state index >= 15 is 0 Å². The van der Waals surface area contributed by atoms with E-state index in [4.69, 9.17) is 0 Å². The molecule has 0 aromatic rings. The molecule has 16 heavy (non-hydrogen) atoms. The summed E-state index contributed by atoms with van der Waals surface area (Å²) in [6, 6.07) is 0.623. The number of nitrogens with one attached hydrogen (secondary N) is 1. The van der Waals surface area contributed by atoms with Crippen molar-refractivity contribution in [2.45, 2.75) is 58.5 Å². The van der Waals surface area contributed by atoms with E-state index in [1.165, 1.54) is 12.8 Å². The number of aliphatic hydroxyl groups is 1. The van der Waals surface area contributed by atoms with Gasteiger partial charge >= 0.3 is 0 Å². The van der Waals surface area contributed by atoms with Crippen molar-refractivity contribution in [3.8, 4) is 0 Å². The number of nitrogens with zero attached hydrogens (tertiary/aromatic N) is 1. The summed E-state index contributed by atoms with van der Waals surface area (Å²) >= 11 is 0. The highest BCUT2D eigenvalue weighted by atomic mass is 16.3. The summed E-state index contributed by atoms with van der Waals surface area (Å²) in [4.78, 5) is 2.36. The fraction of sp³-hybridized carbons (Fsp3) is 1.00. The van der Waals surface area contributed by atoms with Gasteiger partial charge in [0.25, 0.3) is 0 Å². The van der Waals surface area contributed by atoms with Crippen LogP contribution in [0.5, 0.6) is 0 Å². The largest absolute Gasteiger partial charge is 0.394 e. The standard InChI is InChI=1S/C13H30N2O/c1-6-14-13(4,11-16)9-7-8-10-15(5)12(2)3/h12,14,16H,6-11H2,1-5H3. The summed E-state index contributed by atoms with van der Waals surface area (Å²) in [7, 11) is 2.17. The molecule has 1 unspecified atom stereocenters. The molecule has 0 aliphatic heterocycles. The van der Waals surface area contributed by atoms with Gasteiger partial charge in [-0.25, -0.2) is 0 Å². The van der Waals surface area contributed by atoms with Gasteiger partial charge in [0.2, 0.25) is 0 Å². The van der Waals surface area contributed by atoms with Crippen molar-refractivity contribution < 1.29 is 5.11 Å². The fourth-order valence-corrected chi connectivity index (χ4v) is 1.78. The van der Waals surface area contributed by atoms with Gasteiger partial charge in [-0.3, -0.25) is 0 Å². The molecule has 0 spiro atoms. The zero-order valence-electron chi connectivity index (χ0n) is 11.7. The minimum Gasteiger partial charge on any atom is -0.394 e. The highest BCUT2D eigenvalue weighted by Crippen LogP contribution is 2.13. The van der Waals surface area contributed by atoms with Crippen LogP contribution in [0.25, 0.3) is 0 Å². The van der Waals surface area contributed by atoms with Crippen LogP contribution in [0, 0.1) is 0 Å². The predicted octanol–water partition coefficient (Wildman–Crippen LogP) is 1.86. The summed E-state index contributed by atoms with van der Waals surface area (Å²) in [5.41, 5.74) is -0.0921. The van der Waals surface area contributed by atoms with Crippen molar-refractivity contribution in [2.75, 3.05) is 26.7 Å². The molecule has 0 aromatic carbocycles. The molecule has 0 heterocycles. The number of hydrogen-bond donors (Lipinski definition) is 2. The first kappa shape index (κ1) is 15.9. The number of rotatable bonds is 9. The molecule has 0 amide bonds. The summed E-state index contributed by atoms with van der Waals surface area (Å²) in [6.07, 6.45) is 3.42. The molecule has 0 aliphatic carbocycles. The van der Waals surface area contributed by atoms with Gasteiger partial charge < -0.3 is 15.3 Å². The monoisotopic (exact) mass is 230 g/mol. The Labute approximate surface area is 101 Å². The number of likely N-dealkylation sites (N-methyl/N-ethyl adjacent to an activating group) is 1. The van der Waals surface area contributed by atoms with E-state index in [1.54, 1.807) is 0 Å². The third kappa shape index (κ3) is 6.46. The third-order valence-corrected chi connectivity index (χ3v) is 3.32. The van der Waals surface area contributed by atoms with Crippen molar-refractivity contribution in [1.29, 1.82) is 0 Å². The highest BCUT2D eigenvalue weighted by Gasteiger charge is 2.20. The summed E-state index contributed by atoms with van der Waals surface area (Å²) < 4.78 is 0. The van der Waals surface area contributed by atoms with E-state index in [-0.39, 0.29) is 12.1 Å². The molecule has 0 radical (unpaired) electrons. The SMILES string of the molecule is CCNC(C)(CO)CCCCN(C)C(C)C. The van der Waals surface area contributed by atoms with Crippen LogP contribution >= 0.6 is 0 Å². The van der Waals surface area contributed by atoms with E-state index < -0.39 is 0 Å². The lowest BCUT2D eigenvalue weighted by molar-refractivity contribution is 0.162. The Balaban J connectivity index is 3.71. The van der Waals surface area contributed by atoms with Crippen LogP contribution in [0.2, 0.25) is 0 Å². The second-order valence-corrected chi connectivity index (χ2v) is 5.28. The fourth-order valence-electron chi connectivity index (χ4n) is 1.78. The normalized spacial score (nSPS) is 15.8. The lowest BCUT2D eigenvalue weighted by Gasteiger charge is -2.29. The molecule has 0 fully saturated rings. The van der Waals surface area contributed by atoms with E-state index in [0.29, 0.717) is 6.04 Å². The van der Waals surface area contributed by atoms with Crippen LogP contribution in [0.15, 0.2) is 0 Å². The van der Waals surface area contributed by atoms with Crippen molar-refractivity contribution in [3.05, 3.63) is 0 Å². The Kier molecular flexibility index (Phi) is 7.98. The van der Waals surface area contributed by atoms with Gasteiger partial charge in [0, 0.05) is 11.6 Å². The van der Waals surface area contributed by atoms with Gasteiger partial charge in [0.05, 0.1) is 6.61 Å². The third-order valence-electron chi connectivity index (χ3n) is 3.32. The lowest BCUT2D eigenvalue weighted by atomic mass is 9.95. The first-order valence-electron chi connectivity index (χ1n) is 6.51. The molecule has 3 nitrogen and oxygen atoms in total. The van der Waals surface area contributed by atoms with Gasteiger partial charge in [-0.15, -0.1) is 0 Å². The minimum absolute atomic E-state index is 0.0921. The average molecular weight is 230 g/mol. The van der Waals surface area contributed by atoms with Crippen molar-refractivity contribution >= 4 is 0 Å². The van der Waals surface area contributed by atoms with Crippen LogP contribution in [-0.4, -0.2) is 48.3 Å². The highest BCUT2D eigenvalue weighted by molar-refractivity contribution is 4.81. The zero-order valence-corrected chi connectivity index (χ0v) is 11.7. The maximum atomic E-state index is 9.34. The quantitative estimate of drug-likeness (QED) is 0.594. The Morgan fingerprint density at radius 2 is 1.94 bits per heavy atom. The van der Waals surface area contributed by atoms with Gasteiger partial charge in [-0.2, -0.15) is 0 Å². The average Bonchev–Trinajstić information content (AvgIpc) is 2.24. The molecule has 0 aromatic heterocycles. The maximum absolute atomic E-state index is 9.34. The Morgan fingerprint density at radius 3 is 2.38 bits per heavy atom. The van der Waals surface area contributed by atoms with Gasteiger partial charge in [-0.05, 0) is 53.8 Å². The second kappa shape index (κ2) is 8.04. The summed E-state index contributed by atoms with van der Waals surface area (Å²) in [5, 5.41) is 12.7. The molecule has 0 aliphatic rings. The molecule has 1 atom stereocenters. The molecule has 2 N–H and O–H groups in total. The summed E-state index contributed by atoms with van der Waals surface area (Å²) in [5.74, 6) is 0. The van der Waals surface area contributed by atoms with E-state index in [1.807, 2.05) is 0 Å². The zero-order chi connectivity index (χ0) is 12.6. The van der Waals surface area contributed by atoms with Crippen molar-refractivity contribution in [2.24, 2.45) is 0 Å². The van der Waals surface area contributed by atoms with Gasteiger partial charge in [0.15, 0.2) is 0 Å². The summed E-state index contributed by atoms with van der Waals surface area (Å²) in [6.45, 7) is 10.9. The van der Waals surface area contributed by atoms with Gasteiger partial charge in [0.1, 0.15) is 0 Å². The van der Waals surface area contributed by atoms with Crippen molar-refractivity contribution in [1.82, 2.24) is 10.2 Å². The molecule has 0 rings (SSSR count). The number of hydrogen-bond acceptors (Lipinski definition) is 3. The molecular formula is C13H30N2O. The molecule has 98 valence electrons. The van der Waals surface area contributed by atoms with Crippen LogP contribution in [0.4, 0.5) is 0 Å². The smallest absolute Gasteiger partial charge is 0.0610 e. The Morgan fingerprint density at radius 1 is 1.31 bits per heavy atom. The number of aliphatic hydroxyl groups excluding tert-OH is 1. The maximum Gasteiger partial charge on any atom is 0.0610 e. The van der Waals surface area contributed by atoms with Crippen molar-refractivity contribution in [3.63, 3.8) is 0 Å². The van der Waals surface area contributed by atoms with Gasteiger partial charge in [-0.1, -0.05) is 13.3 Å². The van der Waals surface area contributed by atoms with Crippen LogP contribution < -0.4 is 5.32 Å². The van der Waals surface area contributed by atoms with Crippen LogP contribution in [-0.2, 0) is 0 Å². The lowest BCUT2D eigenvalue weighted by Crippen LogP contribution is -2.45. The molecule has 0 bridgehead atoms. The molecular weight excluding hydrogens is 200 g/mol. The topological polar surface area (TPSA) is 35.5 Å². The van der Waals surface area contributed by atoms with Crippen LogP contribution in [0.3, 0.4) is 0 Å². The Bertz CT molecular complexity index is 173. The first-order valence-corrected chi connectivity index (χ1v) is 6.51.